The van der Waals surface area contributed by atoms with Crippen LogP contribution in [0.25, 0.3) is 0 Å². The minimum atomic E-state index is -1.66. The molecule has 3 fully saturated rings. The molecular formula is C26H38O12. The predicted octanol–water partition coefficient (Wildman–Crippen LogP) is -0.635. The molecule has 0 aromatic heterocycles. The van der Waals surface area contributed by atoms with Crippen molar-refractivity contribution in [3.05, 3.63) is 23.5 Å². The van der Waals surface area contributed by atoms with Crippen molar-refractivity contribution in [2.45, 2.75) is 76.7 Å². The highest BCUT2D eigenvalue weighted by atomic mass is 16.8. The van der Waals surface area contributed by atoms with Crippen LogP contribution in [-0.4, -0.2) is 100 Å². The smallest absolute Gasteiger partial charge is 0.337 e. The number of carbonyl (C=O) groups is 2. The van der Waals surface area contributed by atoms with Crippen LogP contribution in [0.3, 0.4) is 0 Å². The number of ether oxygens (including phenoxy) is 5. The fourth-order valence-corrected chi connectivity index (χ4v) is 6.08. The van der Waals surface area contributed by atoms with Gasteiger partial charge in [-0.2, -0.15) is 0 Å². The number of aliphatic hydroxyl groups excluding tert-OH is 5. The van der Waals surface area contributed by atoms with E-state index in [9.17, 15) is 35.1 Å². The zero-order valence-electron chi connectivity index (χ0n) is 21.7. The Balaban J connectivity index is 1.56. The second kappa shape index (κ2) is 12.0. The Morgan fingerprint density at radius 1 is 1.03 bits per heavy atom. The van der Waals surface area contributed by atoms with Crippen LogP contribution >= 0.6 is 0 Å². The van der Waals surface area contributed by atoms with Crippen molar-refractivity contribution in [3.8, 4) is 0 Å². The van der Waals surface area contributed by atoms with Crippen molar-refractivity contribution in [1.82, 2.24) is 0 Å². The number of cyclic esters (lactones) is 2. The molecular weight excluding hydrogens is 504 g/mol. The third-order valence-electron chi connectivity index (χ3n) is 8.27. The lowest BCUT2D eigenvalue weighted by molar-refractivity contribution is -0.327. The molecule has 12 heteroatoms. The van der Waals surface area contributed by atoms with Crippen LogP contribution in [0.1, 0.15) is 33.6 Å². The fourth-order valence-electron chi connectivity index (χ4n) is 6.08. The maximum Gasteiger partial charge on any atom is 0.337 e. The van der Waals surface area contributed by atoms with Crippen LogP contribution in [0.2, 0.25) is 0 Å². The van der Waals surface area contributed by atoms with Gasteiger partial charge in [0.15, 0.2) is 6.29 Å². The Morgan fingerprint density at radius 2 is 1.76 bits per heavy atom. The number of hydrogen-bond acceptors (Lipinski definition) is 12. The maximum atomic E-state index is 13.1. The summed E-state index contributed by atoms with van der Waals surface area (Å²) in [4.78, 5) is 26.1. The molecule has 9 unspecified atom stereocenters. The van der Waals surface area contributed by atoms with Crippen LogP contribution in [0.5, 0.6) is 0 Å². The Morgan fingerprint density at radius 3 is 2.45 bits per heavy atom. The number of fused-ring (bicyclic) bond motifs is 2. The molecule has 3 heterocycles. The van der Waals surface area contributed by atoms with E-state index in [4.69, 9.17) is 23.7 Å². The summed E-state index contributed by atoms with van der Waals surface area (Å²) in [6.45, 7) is 5.13. The molecule has 0 aromatic carbocycles. The summed E-state index contributed by atoms with van der Waals surface area (Å²) in [6.07, 6.45) is -6.25. The van der Waals surface area contributed by atoms with Gasteiger partial charge in [-0.3, -0.25) is 4.79 Å². The topological polar surface area (TPSA) is 181 Å². The van der Waals surface area contributed by atoms with Crippen molar-refractivity contribution in [2.24, 2.45) is 29.6 Å². The van der Waals surface area contributed by atoms with Crippen molar-refractivity contribution in [1.29, 1.82) is 0 Å². The number of rotatable bonds is 3. The number of aliphatic hydroxyl groups is 5. The molecule has 214 valence electrons. The normalized spacial score (nSPS) is 45.5. The predicted molar refractivity (Wildman–Crippen MR) is 128 cm³/mol. The number of carbonyl (C=O) groups excluding carboxylic acids is 2. The molecule has 4 aliphatic rings. The van der Waals surface area contributed by atoms with Gasteiger partial charge in [0.05, 0.1) is 44.2 Å². The molecule has 0 radical (unpaired) electrons. The van der Waals surface area contributed by atoms with Crippen molar-refractivity contribution in [3.63, 3.8) is 0 Å². The number of allylic oxidation sites excluding steroid dienone is 1. The molecule has 1 saturated carbocycles. The van der Waals surface area contributed by atoms with E-state index in [1.807, 2.05) is 13.8 Å². The SMILES string of the molecule is C/C=C1/C(OC2OC(CO)C(O)C(O)C2O)OC=C2C(=O)OCC(C)[C@@H]3C(O)CC(C)[C@H]3COC(=O)C[C@H]21. The van der Waals surface area contributed by atoms with Gasteiger partial charge in [-0.15, -0.1) is 0 Å². The molecule has 3 aliphatic heterocycles. The standard InChI is InChI=1S/C26H38O12/c1-4-13-14-6-19(29)34-9-15-11(2)5-17(28)20(15)12(3)8-35-24(33)16(14)10-36-25(13)38-26-23(32)22(31)21(30)18(7-27)37-26/h4,10-12,14-15,17-18,20-23,25-28,30-32H,5-9H2,1-3H3/b13-4+/t11?,12?,14-,15+,17?,18?,20-,21?,22?,23?,25?,26?/m0/s1. The molecule has 2 saturated heterocycles. The van der Waals surface area contributed by atoms with E-state index < -0.39 is 67.6 Å². The van der Waals surface area contributed by atoms with Gasteiger partial charge in [-0.25, -0.2) is 4.79 Å². The van der Waals surface area contributed by atoms with E-state index in [0.717, 1.165) is 6.26 Å². The van der Waals surface area contributed by atoms with Gasteiger partial charge in [-0.1, -0.05) is 19.9 Å². The maximum absolute atomic E-state index is 13.1. The molecule has 5 N–H and O–H groups in total. The highest BCUT2D eigenvalue weighted by molar-refractivity contribution is 5.91. The highest BCUT2D eigenvalue weighted by Crippen LogP contribution is 2.43. The van der Waals surface area contributed by atoms with E-state index in [-0.39, 0.29) is 48.9 Å². The summed E-state index contributed by atoms with van der Waals surface area (Å²) in [7, 11) is 0. The van der Waals surface area contributed by atoms with Gasteiger partial charge in [0.25, 0.3) is 0 Å². The molecule has 12 atom stereocenters. The first kappa shape index (κ1) is 28.9. The summed E-state index contributed by atoms with van der Waals surface area (Å²) >= 11 is 0. The lowest BCUT2D eigenvalue weighted by atomic mass is 9.82. The van der Waals surface area contributed by atoms with Gasteiger partial charge in [0.1, 0.15) is 24.4 Å². The van der Waals surface area contributed by atoms with Gasteiger partial charge in [-0.05, 0) is 31.1 Å². The zero-order valence-corrected chi connectivity index (χ0v) is 21.7. The summed E-state index contributed by atoms with van der Waals surface area (Å²) in [5.74, 6) is -2.37. The minimum absolute atomic E-state index is 0.0672. The third kappa shape index (κ3) is 5.62. The van der Waals surface area contributed by atoms with Crippen molar-refractivity contribution in [2.75, 3.05) is 19.8 Å². The van der Waals surface area contributed by atoms with Gasteiger partial charge >= 0.3 is 11.9 Å². The fraction of sp³-hybridized carbons (Fsp3) is 0.769. The lowest BCUT2D eigenvalue weighted by Crippen LogP contribution is -2.60. The zero-order chi connectivity index (χ0) is 27.7. The average Bonchev–Trinajstić information content (AvgIpc) is 3.18. The molecule has 0 bridgehead atoms. The van der Waals surface area contributed by atoms with E-state index in [1.165, 1.54) is 0 Å². The first-order chi connectivity index (χ1) is 18.1. The van der Waals surface area contributed by atoms with Gasteiger partial charge in [0.2, 0.25) is 6.29 Å². The minimum Gasteiger partial charge on any atom is -0.468 e. The largest absolute Gasteiger partial charge is 0.468 e. The van der Waals surface area contributed by atoms with E-state index >= 15 is 0 Å². The first-order valence-corrected chi connectivity index (χ1v) is 13.1. The Kier molecular flexibility index (Phi) is 9.13. The van der Waals surface area contributed by atoms with Crippen LogP contribution in [0, 0.1) is 29.6 Å². The Hall–Kier alpha value is -2.06. The van der Waals surface area contributed by atoms with Crippen molar-refractivity contribution >= 4 is 11.9 Å². The molecule has 0 spiro atoms. The first-order valence-electron chi connectivity index (χ1n) is 13.1. The molecule has 38 heavy (non-hydrogen) atoms. The molecule has 0 aromatic rings. The molecule has 0 amide bonds. The summed E-state index contributed by atoms with van der Waals surface area (Å²) in [6, 6.07) is 0. The number of hydrogen-bond donors (Lipinski definition) is 5. The Labute approximate surface area is 220 Å². The van der Waals surface area contributed by atoms with Crippen molar-refractivity contribution < 1.29 is 58.8 Å². The molecule has 4 rings (SSSR count). The lowest BCUT2D eigenvalue weighted by Gasteiger charge is -2.42. The van der Waals surface area contributed by atoms with Crippen LogP contribution in [0.4, 0.5) is 0 Å². The van der Waals surface area contributed by atoms with Crippen LogP contribution in [-0.2, 0) is 33.3 Å². The third-order valence-corrected chi connectivity index (χ3v) is 8.27. The van der Waals surface area contributed by atoms with E-state index in [1.54, 1.807) is 13.0 Å². The second-order valence-electron chi connectivity index (χ2n) is 10.7. The van der Waals surface area contributed by atoms with Crippen LogP contribution in [0.15, 0.2) is 23.5 Å². The summed E-state index contributed by atoms with van der Waals surface area (Å²) in [5, 5.41) is 50.6. The van der Waals surface area contributed by atoms with Gasteiger partial charge in [0, 0.05) is 17.4 Å². The number of esters is 2. The van der Waals surface area contributed by atoms with Gasteiger partial charge < -0.3 is 49.2 Å². The monoisotopic (exact) mass is 542 g/mol. The van der Waals surface area contributed by atoms with E-state index in [2.05, 4.69) is 0 Å². The summed E-state index contributed by atoms with van der Waals surface area (Å²) < 4.78 is 28.1. The molecule has 12 nitrogen and oxygen atoms in total. The highest BCUT2D eigenvalue weighted by Gasteiger charge is 2.48. The Bertz CT molecular complexity index is 931. The average molecular weight is 543 g/mol. The quantitative estimate of drug-likeness (QED) is 0.225. The summed E-state index contributed by atoms with van der Waals surface area (Å²) in [5.41, 5.74) is 0.439. The van der Waals surface area contributed by atoms with E-state index in [0.29, 0.717) is 12.0 Å². The molecule has 1 aliphatic carbocycles. The van der Waals surface area contributed by atoms with Crippen LogP contribution < -0.4 is 0 Å². The second-order valence-corrected chi connectivity index (χ2v) is 10.7.